The minimum Gasteiger partial charge on any atom is -0.396 e. The molecule has 1 unspecified atom stereocenters. The van der Waals surface area contributed by atoms with Crippen molar-refractivity contribution in [3.8, 4) is 0 Å². The summed E-state index contributed by atoms with van der Waals surface area (Å²) in [6.07, 6.45) is 5.01. The van der Waals surface area contributed by atoms with Gasteiger partial charge in [-0.1, -0.05) is 25.1 Å². The summed E-state index contributed by atoms with van der Waals surface area (Å²) < 4.78 is 0. The number of aliphatic hydroxyl groups is 1. The predicted octanol–water partition coefficient (Wildman–Crippen LogP) is 2.14. The lowest BCUT2D eigenvalue weighted by Crippen LogP contribution is -2.41. The van der Waals surface area contributed by atoms with Crippen LogP contribution in [-0.2, 0) is 19.4 Å². The second kappa shape index (κ2) is 7.29. The number of hydrogen-bond acceptors (Lipinski definition) is 2. The van der Waals surface area contributed by atoms with Gasteiger partial charge in [0.15, 0.2) is 0 Å². The van der Waals surface area contributed by atoms with E-state index in [0.717, 1.165) is 18.4 Å². The summed E-state index contributed by atoms with van der Waals surface area (Å²) in [6, 6.07) is 6.35. The number of benzene rings is 1. The molecule has 0 saturated carbocycles. The molecule has 1 aliphatic rings. The van der Waals surface area contributed by atoms with Crippen molar-refractivity contribution in [1.29, 1.82) is 0 Å². The molecule has 0 radical (unpaired) electrons. The number of hydrogen-bond donors (Lipinski definition) is 3. The fraction of sp³-hybridized carbons (Fsp3) is 0.562. The highest BCUT2D eigenvalue weighted by molar-refractivity contribution is 5.74. The fourth-order valence-electron chi connectivity index (χ4n) is 2.69. The van der Waals surface area contributed by atoms with E-state index < -0.39 is 0 Å². The van der Waals surface area contributed by atoms with Gasteiger partial charge in [0.05, 0.1) is 0 Å². The van der Waals surface area contributed by atoms with Crippen LogP contribution in [0.1, 0.15) is 42.9 Å². The standard InChI is InChI=1S/C16H24N2O2/c1-2-15(8-9-19)18-16(20)17-11-12-6-7-13-4-3-5-14(13)10-12/h6-7,10,15,19H,2-5,8-9,11H2,1H3,(H2,17,18,20). The van der Waals surface area contributed by atoms with Gasteiger partial charge >= 0.3 is 6.03 Å². The average molecular weight is 276 g/mol. The van der Waals surface area contributed by atoms with Gasteiger partial charge in [0.25, 0.3) is 0 Å². The third-order valence-electron chi connectivity index (χ3n) is 3.92. The Morgan fingerprint density at radius 3 is 2.90 bits per heavy atom. The SMILES string of the molecule is CCC(CCO)NC(=O)NCc1ccc2c(c1)CCC2. The molecule has 0 fully saturated rings. The van der Waals surface area contributed by atoms with Crippen LogP contribution in [-0.4, -0.2) is 23.8 Å². The van der Waals surface area contributed by atoms with Crippen LogP contribution < -0.4 is 10.6 Å². The molecule has 4 nitrogen and oxygen atoms in total. The smallest absolute Gasteiger partial charge is 0.315 e. The summed E-state index contributed by atoms with van der Waals surface area (Å²) >= 11 is 0. The number of rotatable bonds is 6. The zero-order chi connectivity index (χ0) is 14.4. The molecule has 0 spiro atoms. The van der Waals surface area contributed by atoms with Crippen LogP contribution in [0.15, 0.2) is 18.2 Å². The first-order valence-corrected chi connectivity index (χ1v) is 7.48. The Bertz CT molecular complexity index is 460. The van der Waals surface area contributed by atoms with Crippen LogP contribution in [0.25, 0.3) is 0 Å². The van der Waals surface area contributed by atoms with E-state index in [0.29, 0.717) is 13.0 Å². The molecule has 20 heavy (non-hydrogen) atoms. The second-order valence-electron chi connectivity index (χ2n) is 5.40. The van der Waals surface area contributed by atoms with Crippen LogP contribution in [0, 0.1) is 0 Å². The first-order chi connectivity index (χ1) is 9.72. The highest BCUT2D eigenvalue weighted by atomic mass is 16.3. The zero-order valence-corrected chi connectivity index (χ0v) is 12.1. The van der Waals surface area contributed by atoms with Crippen LogP contribution >= 0.6 is 0 Å². The number of carbonyl (C=O) groups is 1. The van der Waals surface area contributed by atoms with Crippen LogP contribution in [0.4, 0.5) is 4.79 Å². The molecule has 0 bridgehead atoms. The van der Waals surface area contributed by atoms with Crippen molar-refractivity contribution in [1.82, 2.24) is 10.6 Å². The summed E-state index contributed by atoms with van der Waals surface area (Å²) in [5, 5.41) is 14.7. The first-order valence-electron chi connectivity index (χ1n) is 7.48. The number of nitrogens with one attached hydrogen (secondary N) is 2. The van der Waals surface area contributed by atoms with E-state index in [2.05, 4.69) is 28.8 Å². The number of carbonyl (C=O) groups excluding carboxylic acids is 1. The predicted molar refractivity (Wildman–Crippen MR) is 79.6 cm³/mol. The molecule has 3 N–H and O–H groups in total. The molecule has 2 amide bonds. The van der Waals surface area contributed by atoms with E-state index >= 15 is 0 Å². The normalized spacial score (nSPS) is 14.7. The van der Waals surface area contributed by atoms with Gasteiger partial charge in [-0.15, -0.1) is 0 Å². The Morgan fingerprint density at radius 1 is 1.35 bits per heavy atom. The molecule has 0 saturated heterocycles. The average Bonchev–Trinajstić information content (AvgIpc) is 2.92. The van der Waals surface area contributed by atoms with Crippen molar-refractivity contribution in [2.24, 2.45) is 0 Å². The maximum absolute atomic E-state index is 11.8. The van der Waals surface area contributed by atoms with Gasteiger partial charge in [0.1, 0.15) is 0 Å². The Morgan fingerprint density at radius 2 is 2.15 bits per heavy atom. The Kier molecular flexibility index (Phi) is 5.41. The van der Waals surface area contributed by atoms with Gasteiger partial charge in [0.2, 0.25) is 0 Å². The molecule has 2 rings (SSSR count). The molecule has 1 atom stereocenters. The monoisotopic (exact) mass is 276 g/mol. The highest BCUT2D eigenvalue weighted by Gasteiger charge is 2.12. The summed E-state index contributed by atoms with van der Waals surface area (Å²) in [4.78, 5) is 11.8. The van der Waals surface area contributed by atoms with Crippen molar-refractivity contribution in [3.05, 3.63) is 34.9 Å². The summed E-state index contributed by atoms with van der Waals surface area (Å²) in [5.41, 5.74) is 4.03. The van der Waals surface area contributed by atoms with Crippen molar-refractivity contribution in [3.63, 3.8) is 0 Å². The zero-order valence-electron chi connectivity index (χ0n) is 12.1. The molecule has 1 aromatic carbocycles. The number of aliphatic hydroxyl groups excluding tert-OH is 1. The maximum Gasteiger partial charge on any atom is 0.315 e. The first kappa shape index (κ1) is 14.9. The third kappa shape index (κ3) is 3.97. The van der Waals surface area contributed by atoms with E-state index in [1.165, 1.54) is 24.0 Å². The van der Waals surface area contributed by atoms with E-state index in [-0.39, 0.29) is 18.7 Å². The quantitative estimate of drug-likeness (QED) is 0.745. The lowest BCUT2D eigenvalue weighted by molar-refractivity contribution is 0.227. The van der Waals surface area contributed by atoms with Crippen molar-refractivity contribution in [2.45, 2.75) is 51.6 Å². The van der Waals surface area contributed by atoms with Gasteiger partial charge in [-0.05, 0) is 48.8 Å². The summed E-state index contributed by atoms with van der Waals surface area (Å²) in [5.74, 6) is 0. The molecule has 4 heteroatoms. The summed E-state index contributed by atoms with van der Waals surface area (Å²) in [7, 11) is 0. The van der Waals surface area contributed by atoms with E-state index in [9.17, 15) is 4.79 Å². The van der Waals surface area contributed by atoms with Crippen LogP contribution in [0.2, 0.25) is 0 Å². The molecular formula is C16H24N2O2. The molecular weight excluding hydrogens is 252 g/mol. The van der Waals surface area contributed by atoms with Gasteiger partial charge in [0, 0.05) is 19.2 Å². The third-order valence-corrected chi connectivity index (χ3v) is 3.92. The van der Waals surface area contributed by atoms with Crippen molar-refractivity contribution < 1.29 is 9.90 Å². The van der Waals surface area contributed by atoms with Gasteiger partial charge in [-0.2, -0.15) is 0 Å². The van der Waals surface area contributed by atoms with E-state index in [1.54, 1.807) is 0 Å². The second-order valence-corrected chi connectivity index (χ2v) is 5.40. The molecule has 0 aromatic heterocycles. The van der Waals surface area contributed by atoms with Crippen molar-refractivity contribution >= 4 is 6.03 Å². The maximum atomic E-state index is 11.8. The minimum atomic E-state index is -0.161. The van der Waals surface area contributed by atoms with Gasteiger partial charge < -0.3 is 15.7 Å². The number of urea groups is 1. The number of amides is 2. The highest BCUT2D eigenvalue weighted by Crippen LogP contribution is 2.22. The molecule has 1 aromatic rings. The van der Waals surface area contributed by atoms with E-state index in [1.807, 2.05) is 6.92 Å². The number of fused-ring (bicyclic) bond motifs is 1. The largest absolute Gasteiger partial charge is 0.396 e. The van der Waals surface area contributed by atoms with Crippen LogP contribution in [0.3, 0.4) is 0 Å². The lowest BCUT2D eigenvalue weighted by Gasteiger charge is -2.16. The molecule has 110 valence electrons. The van der Waals surface area contributed by atoms with Gasteiger partial charge in [-0.25, -0.2) is 4.79 Å². The Balaban J connectivity index is 1.81. The number of aryl methyl sites for hydroxylation is 2. The molecule has 0 heterocycles. The van der Waals surface area contributed by atoms with Gasteiger partial charge in [-0.3, -0.25) is 0 Å². The van der Waals surface area contributed by atoms with E-state index in [4.69, 9.17) is 5.11 Å². The topological polar surface area (TPSA) is 61.4 Å². The fourth-order valence-corrected chi connectivity index (χ4v) is 2.69. The minimum absolute atomic E-state index is 0.0417. The lowest BCUT2D eigenvalue weighted by atomic mass is 10.1. The Labute approximate surface area is 120 Å². The molecule has 1 aliphatic carbocycles. The van der Waals surface area contributed by atoms with Crippen LogP contribution in [0.5, 0.6) is 0 Å². The summed E-state index contributed by atoms with van der Waals surface area (Å²) in [6.45, 7) is 2.65. The van der Waals surface area contributed by atoms with Crippen molar-refractivity contribution in [2.75, 3.05) is 6.61 Å². The Hall–Kier alpha value is -1.55. The molecule has 0 aliphatic heterocycles.